The number of aromatic nitrogens is 1. The van der Waals surface area contributed by atoms with E-state index in [0.29, 0.717) is 5.54 Å². The summed E-state index contributed by atoms with van der Waals surface area (Å²) in [4.78, 5) is 0. The number of rotatable bonds is 3. The molecule has 0 saturated carbocycles. The van der Waals surface area contributed by atoms with Crippen LogP contribution in [0, 0.1) is 12.7 Å². The van der Waals surface area contributed by atoms with Crippen molar-refractivity contribution in [3.63, 3.8) is 0 Å². The molecule has 33 heavy (non-hydrogen) atoms. The first-order valence-electron chi connectivity index (χ1n) is 12.2. The molecule has 0 saturated heterocycles. The molecule has 0 amide bonds. The van der Waals surface area contributed by atoms with Crippen molar-refractivity contribution in [2.45, 2.75) is 91.8 Å². The smallest absolute Gasteiger partial charge is 0.206 e. The van der Waals surface area contributed by atoms with Gasteiger partial charge in [0.15, 0.2) is 6.20 Å². The van der Waals surface area contributed by atoms with Gasteiger partial charge in [0.25, 0.3) is 0 Å². The molecule has 0 unspecified atom stereocenters. The van der Waals surface area contributed by atoms with E-state index in [1.807, 2.05) is 0 Å². The first-order chi connectivity index (χ1) is 15.0. The first-order valence-corrected chi connectivity index (χ1v) is 15.3. The van der Waals surface area contributed by atoms with Gasteiger partial charge >= 0.3 is 0 Å². The molecular formula is C30H43FNSi+. The molecule has 0 atom stereocenters. The lowest BCUT2D eigenvalue weighted by molar-refractivity contribution is -0.659. The van der Waals surface area contributed by atoms with Gasteiger partial charge in [-0.15, -0.1) is 0 Å². The minimum Gasteiger partial charge on any atom is -0.206 e. The van der Waals surface area contributed by atoms with Crippen molar-refractivity contribution in [2.24, 2.45) is 7.05 Å². The van der Waals surface area contributed by atoms with Gasteiger partial charge in [0.2, 0.25) is 5.69 Å². The van der Waals surface area contributed by atoms with E-state index >= 15 is 4.39 Å². The van der Waals surface area contributed by atoms with Crippen LogP contribution in [0.25, 0.3) is 22.0 Å². The van der Waals surface area contributed by atoms with E-state index in [1.165, 1.54) is 16.0 Å². The predicted octanol–water partition coefficient (Wildman–Crippen LogP) is 7.70. The van der Waals surface area contributed by atoms with Gasteiger partial charge in [0.05, 0.1) is 19.0 Å². The molecule has 3 aromatic rings. The predicted molar refractivity (Wildman–Crippen MR) is 145 cm³/mol. The molecule has 0 N–H and O–H groups in total. The van der Waals surface area contributed by atoms with Crippen LogP contribution in [0.4, 0.5) is 4.39 Å². The number of fused-ring (bicyclic) bond motifs is 1. The topological polar surface area (TPSA) is 3.88 Å². The summed E-state index contributed by atoms with van der Waals surface area (Å²) in [7, 11) is 0.576. The van der Waals surface area contributed by atoms with Crippen LogP contribution < -0.4 is 9.75 Å². The van der Waals surface area contributed by atoms with Crippen LogP contribution >= 0.6 is 0 Å². The normalized spacial score (nSPS) is 13.3. The van der Waals surface area contributed by atoms with Crippen LogP contribution in [-0.2, 0) is 17.9 Å². The fraction of sp³-hybridized carbons (Fsp3) is 0.500. The highest BCUT2D eigenvalue weighted by Crippen LogP contribution is 2.40. The largest absolute Gasteiger partial charge is 0.220 e. The quantitative estimate of drug-likeness (QED) is 0.276. The van der Waals surface area contributed by atoms with E-state index < -0.39 is 8.07 Å². The Balaban J connectivity index is 2.43. The Bertz CT molecular complexity index is 1210. The van der Waals surface area contributed by atoms with Gasteiger partial charge in [-0.05, 0) is 57.5 Å². The molecule has 0 aliphatic carbocycles. The monoisotopic (exact) mass is 464 g/mol. The zero-order chi connectivity index (χ0) is 25.1. The lowest BCUT2D eigenvalue weighted by Crippen LogP contribution is -2.44. The number of benzene rings is 2. The Morgan fingerprint density at radius 3 is 2.03 bits per heavy atom. The molecule has 0 aliphatic heterocycles. The Hall–Kier alpha value is -2.00. The molecule has 3 heteroatoms. The Labute approximate surface area is 202 Å². The highest BCUT2D eigenvalue weighted by Gasteiger charge is 2.33. The third-order valence-electron chi connectivity index (χ3n) is 7.66. The summed E-state index contributed by atoms with van der Waals surface area (Å²) in [5.74, 6) is -0.0499. The maximum Gasteiger partial charge on any atom is 0.220 e. The van der Waals surface area contributed by atoms with E-state index in [4.69, 9.17) is 0 Å². The van der Waals surface area contributed by atoms with Crippen LogP contribution in [0.5, 0.6) is 0 Å². The van der Waals surface area contributed by atoms with Crippen molar-refractivity contribution >= 4 is 24.0 Å². The molecular weight excluding hydrogens is 421 g/mol. The van der Waals surface area contributed by atoms with E-state index in [9.17, 15) is 0 Å². The van der Waals surface area contributed by atoms with E-state index in [-0.39, 0.29) is 16.6 Å². The lowest BCUT2D eigenvalue weighted by atomic mass is 9.75. The zero-order valence-electron chi connectivity index (χ0n) is 22.9. The summed E-state index contributed by atoms with van der Waals surface area (Å²) in [6.07, 6.45) is 2.15. The minimum absolute atomic E-state index is 0.0499. The number of halogens is 1. The summed E-state index contributed by atoms with van der Waals surface area (Å²) < 4.78 is 18.1. The molecule has 178 valence electrons. The summed E-state index contributed by atoms with van der Waals surface area (Å²) in [5.41, 5.74) is 5.06. The van der Waals surface area contributed by atoms with Gasteiger partial charge in [-0.25, -0.2) is 8.96 Å². The molecule has 1 heterocycles. The molecule has 0 radical (unpaired) electrons. The van der Waals surface area contributed by atoms with Gasteiger partial charge in [0.1, 0.15) is 12.9 Å². The summed E-state index contributed by atoms with van der Waals surface area (Å²) in [6.45, 7) is 24.3. The number of hydrogen-bond donors (Lipinski definition) is 0. The molecule has 0 bridgehead atoms. The van der Waals surface area contributed by atoms with Crippen LogP contribution in [0.2, 0.25) is 18.6 Å². The first kappa shape index (κ1) is 25.6. The van der Waals surface area contributed by atoms with Crippen LogP contribution in [-0.4, -0.2) is 8.07 Å². The molecule has 1 nitrogen and oxygen atoms in total. The second kappa shape index (κ2) is 8.34. The average Bonchev–Trinajstić information content (AvgIpc) is 2.66. The van der Waals surface area contributed by atoms with Crippen LogP contribution in [0.1, 0.15) is 72.1 Å². The standard InChI is InChI=1S/C30H43FNSi/c1-19(2)33(11,12)22-13-14-23-21(17-22)15-16-32(10)28(23)24-18-25(29(4,5)6)27(31)26(20(24)3)30(7,8)9/h13-19H,1-12H3/q+1. The number of nitrogens with zero attached hydrogens (tertiary/aromatic N) is 1. The summed E-state index contributed by atoms with van der Waals surface area (Å²) in [5, 5.41) is 3.98. The van der Waals surface area contributed by atoms with Gasteiger partial charge in [-0.1, -0.05) is 85.8 Å². The molecule has 0 aliphatic rings. The highest BCUT2D eigenvalue weighted by atomic mass is 28.3. The van der Waals surface area contributed by atoms with Crippen molar-refractivity contribution in [1.29, 1.82) is 0 Å². The van der Waals surface area contributed by atoms with Crippen LogP contribution in [0.15, 0.2) is 36.5 Å². The number of pyridine rings is 1. The molecule has 0 fully saturated rings. The Kier molecular flexibility index (Phi) is 6.47. The SMILES string of the molecule is Cc1c(-c2c3ccc([Si](C)(C)C(C)C)cc3cc[n+]2C)cc(C(C)(C)C)c(F)c1C(C)(C)C. The zero-order valence-corrected chi connectivity index (χ0v) is 23.9. The van der Waals surface area contributed by atoms with E-state index in [1.54, 1.807) is 0 Å². The van der Waals surface area contributed by atoms with Gasteiger partial charge < -0.3 is 0 Å². The van der Waals surface area contributed by atoms with Crippen molar-refractivity contribution in [1.82, 2.24) is 0 Å². The van der Waals surface area contributed by atoms with Crippen LogP contribution in [0.3, 0.4) is 0 Å². The van der Waals surface area contributed by atoms with Gasteiger partial charge in [0, 0.05) is 6.07 Å². The maximum absolute atomic E-state index is 15.9. The third-order valence-corrected chi connectivity index (χ3v) is 12.3. The van der Waals surface area contributed by atoms with Crippen molar-refractivity contribution in [3.8, 4) is 11.3 Å². The number of aryl methyl sites for hydroxylation is 1. The Morgan fingerprint density at radius 2 is 1.52 bits per heavy atom. The number of hydrogen-bond acceptors (Lipinski definition) is 0. The average molecular weight is 465 g/mol. The van der Waals surface area contributed by atoms with E-state index in [0.717, 1.165) is 27.9 Å². The molecule has 3 rings (SSSR count). The second-order valence-corrected chi connectivity index (χ2v) is 17.9. The van der Waals surface area contributed by atoms with Crippen molar-refractivity contribution in [2.75, 3.05) is 0 Å². The molecule has 1 aromatic heterocycles. The van der Waals surface area contributed by atoms with Crippen molar-refractivity contribution in [3.05, 3.63) is 59.0 Å². The molecule has 0 spiro atoms. The third kappa shape index (κ3) is 4.54. The molecule has 2 aromatic carbocycles. The fourth-order valence-electron chi connectivity index (χ4n) is 4.88. The lowest BCUT2D eigenvalue weighted by Gasteiger charge is -2.30. The van der Waals surface area contributed by atoms with Crippen molar-refractivity contribution < 1.29 is 8.96 Å². The van der Waals surface area contributed by atoms with E-state index in [2.05, 4.69) is 124 Å². The Morgan fingerprint density at radius 1 is 0.909 bits per heavy atom. The van der Waals surface area contributed by atoms with Gasteiger partial charge in [-0.3, -0.25) is 0 Å². The summed E-state index contributed by atoms with van der Waals surface area (Å²) in [6, 6.07) is 11.4. The fourth-order valence-corrected chi connectivity index (χ4v) is 6.58. The summed E-state index contributed by atoms with van der Waals surface area (Å²) >= 11 is 0. The minimum atomic E-state index is -1.53. The van der Waals surface area contributed by atoms with Gasteiger partial charge in [-0.2, -0.15) is 0 Å². The maximum atomic E-state index is 15.9. The second-order valence-electron chi connectivity index (χ2n) is 12.7. The highest BCUT2D eigenvalue weighted by molar-refractivity contribution is 6.91.